The molecular formula is C25H21NO3S2. The van der Waals surface area contributed by atoms with E-state index in [0.29, 0.717) is 27.3 Å². The van der Waals surface area contributed by atoms with E-state index in [1.54, 1.807) is 12.0 Å². The standard InChI is InChI=1S/C25H21NO3S2/c1-17-8-10-18(11-9-17)16-29-21-13-12-19(14-22(21)28-2)15-23-24(27)26(25(30)31-23)20-6-4-3-5-7-20/h3-15H,16H2,1-2H3/b23-15-. The zero-order valence-corrected chi connectivity index (χ0v) is 18.8. The maximum atomic E-state index is 12.9. The molecule has 1 fully saturated rings. The molecule has 4 rings (SSSR count). The molecule has 31 heavy (non-hydrogen) atoms. The van der Waals surface area contributed by atoms with Crippen LogP contribution in [0.1, 0.15) is 16.7 Å². The van der Waals surface area contributed by atoms with Gasteiger partial charge in [0.15, 0.2) is 15.8 Å². The highest BCUT2D eigenvalue weighted by atomic mass is 32.2. The number of carbonyl (C=O) groups excluding carboxylic acids is 1. The highest BCUT2D eigenvalue weighted by molar-refractivity contribution is 8.27. The van der Waals surface area contributed by atoms with Gasteiger partial charge in [0.1, 0.15) is 6.61 Å². The van der Waals surface area contributed by atoms with Crippen molar-refractivity contribution < 1.29 is 14.3 Å². The normalized spacial score (nSPS) is 14.9. The topological polar surface area (TPSA) is 38.8 Å². The lowest BCUT2D eigenvalue weighted by atomic mass is 10.1. The number of para-hydroxylation sites is 1. The summed E-state index contributed by atoms with van der Waals surface area (Å²) in [6.45, 7) is 2.51. The van der Waals surface area contributed by atoms with Crippen molar-refractivity contribution >= 4 is 46.0 Å². The molecule has 1 heterocycles. The Hall–Kier alpha value is -3.09. The van der Waals surface area contributed by atoms with Crippen molar-refractivity contribution in [3.05, 3.63) is 94.4 Å². The number of aryl methyl sites for hydroxylation is 1. The van der Waals surface area contributed by atoms with Crippen LogP contribution in [0.25, 0.3) is 6.08 Å². The molecule has 0 aromatic heterocycles. The summed E-state index contributed by atoms with van der Waals surface area (Å²) in [6.07, 6.45) is 1.83. The summed E-state index contributed by atoms with van der Waals surface area (Å²) in [4.78, 5) is 15.0. The van der Waals surface area contributed by atoms with Gasteiger partial charge in [0.05, 0.1) is 17.7 Å². The van der Waals surface area contributed by atoms with Gasteiger partial charge in [-0.25, -0.2) is 0 Å². The molecule has 0 N–H and O–H groups in total. The minimum Gasteiger partial charge on any atom is -0.493 e. The second-order valence-corrected chi connectivity index (χ2v) is 8.71. The summed E-state index contributed by atoms with van der Waals surface area (Å²) >= 11 is 6.73. The Kier molecular flexibility index (Phi) is 6.39. The van der Waals surface area contributed by atoms with Crippen LogP contribution in [0.15, 0.2) is 77.7 Å². The summed E-state index contributed by atoms with van der Waals surface area (Å²) in [6, 6.07) is 23.3. The van der Waals surface area contributed by atoms with E-state index in [1.165, 1.54) is 17.3 Å². The van der Waals surface area contributed by atoms with Crippen LogP contribution in [0.5, 0.6) is 11.5 Å². The molecule has 0 atom stereocenters. The summed E-state index contributed by atoms with van der Waals surface area (Å²) in [5, 5.41) is 0. The van der Waals surface area contributed by atoms with Gasteiger partial charge >= 0.3 is 0 Å². The number of hydrogen-bond acceptors (Lipinski definition) is 5. The van der Waals surface area contributed by atoms with Crippen molar-refractivity contribution in [3.63, 3.8) is 0 Å². The van der Waals surface area contributed by atoms with Crippen LogP contribution < -0.4 is 14.4 Å². The number of anilines is 1. The third-order valence-electron chi connectivity index (χ3n) is 4.81. The van der Waals surface area contributed by atoms with Crippen molar-refractivity contribution in [3.8, 4) is 11.5 Å². The summed E-state index contributed by atoms with van der Waals surface area (Å²) in [5.74, 6) is 1.14. The SMILES string of the molecule is COc1cc(/C=C2\SC(=S)N(c3ccccc3)C2=O)ccc1OCc1ccc(C)cc1. The Bertz CT molecular complexity index is 1140. The number of amides is 1. The molecule has 156 valence electrons. The number of carbonyl (C=O) groups is 1. The molecule has 0 bridgehead atoms. The van der Waals surface area contributed by atoms with Crippen molar-refractivity contribution in [2.45, 2.75) is 13.5 Å². The molecule has 1 aliphatic rings. The molecule has 0 saturated carbocycles. The summed E-state index contributed by atoms with van der Waals surface area (Å²) in [5.41, 5.74) is 3.91. The first-order chi connectivity index (χ1) is 15.0. The van der Waals surface area contributed by atoms with Crippen LogP contribution in [0.3, 0.4) is 0 Å². The monoisotopic (exact) mass is 447 g/mol. The van der Waals surface area contributed by atoms with Gasteiger partial charge in [-0.15, -0.1) is 0 Å². The molecule has 6 heteroatoms. The van der Waals surface area contributed by atoms with Gasteiger partial charge in [-0.3, -0.25) is 9.69 Å². The Morgan fingerprint density at radius 3 is 2.45 bits per heavy atom. The first kappa shape index (κ1) is 21.2. The summed E-state index contributed by atoms with van der Waals surface area (Å²) < 4.78 is 12.0. The lowest BCUT2D eigenvalue weighted by Gasteiger charge is -2.14. The van der Waals surface area contributed by atoms with Gasteiger partial charge in [0, 0.05) is 0 Å². The molecule has 1 saturated heterocycles. The van der Waals surface area contributed by atoms with Crippen molar-refractivity contribution in [2.75, 3.05) is 12.0 Å². The molecule has 0 unspecified atom stereocenters. The zero-order chi connectivity index (χ0) is 21.8. The van der Waals surface area contributed by atoms with E-state index in [4.69, 9.17) is 21.7 Å². The van der Waals surface area contributed by atoms with Crippen LogP contribution in [0.4, 0.5) is 5.69 Å². The van der Waals surface area contributed by atoms with E-state index < -0.39 is 0 Å². The number of nitrogens with zero attached hydrogens (tertiary/aromatic N) is 1. The maximum Gasteiger partial charge on any atom is 0.270 e. The molecule has 0 aliphatic carbocycles. The van der Waals surface area contributed by atoms with E-state index in [0.717, 1.165) is 16.8 Å². The number of ether oxygens (including phenoxy) is 2. The van der Waals surface area contributed by atoms with Gasteiger partial charge in [-0.1, -0.05) is 78.1 Å². The van der Waals surface area contributed by atoms with E-state index in [1.807, 2.05) is 66.7 Å². The van der Waals surface area contributed by atoms with Crippen molar-refractivity contribution in [1.82, 2.24) is 0 Å². The second-order valence-electron chi connectivity index (χ2n) is 7.04. The largest absolute Gasteiger partial charge is 0.493 e. The molecule has 3 aromatic rings. The van der Waals surface area contributed by atoms with E-state index in [2.05, 4.69) is 19.1 Å². The second kappa shape index (κ2) is 9.37. The molecule has 0 radical (unpaired) electrons. The van der Waals surface area contributed by atoms with Crippen LogP contribution in [-0.4, -0.2) is 17.3 Å². The van der Waals surface area contributed by atoms with Gasteiger partial charge in [-0.05, 0) is 48.4 Å². The zero-order valence-electron chi connectivity index (χ0n) is 17.2. The average molecular weight is 448 g/mol. The molecule has 4 nitrogen and oxygen atoms in total. The Morgan fingerprint density at radius 2 is 1.74 bits per heavy atom. The molecule has 0 spiro atoms. The van der Waals surface area contributed by atoms with Gasteiger partial charge in [0.25, 0.3) is 5.91 Å². The number of hydrogen-bond donors (Lipinski definition) is 0. The van der Waals surface area contributed by atoms with Crippen molar-refractivity contribution in [1.29, 1.82) is 0 Å². The number of thiocarbonyl (C=S) groups is 1. The predicted octanol–water partition coefficient (Wildman–Crippen LogP) is 5.99. The van der Waals surface area contributed by atoms with Gasteiger partial charge in [-0.2, -0.15) is 0 Å². The van der Waals surface area contributed by atoms with Crippen LogP contribution in [0, 0.1) is 6.92 Å². The van der Waals surface area contributed by atoms with E-state index >= 15 is 0 Å². The smallest absolute Gasteiger partial charge is 0.270 e. The number of benzene rings is 3. The Balaban J connectivity index is 1.52. The van der Waals surface area contributed by atoms with Crippen LogP contribution >= 0.6 is 24.0 Å². The fourth-order valence-electron chi connectivity index (χ4n) is 3.16. The first-order valence-electron chi connectivity index (χ1n) is 9.74. The number of methoxy groups -OCH3 is 1. The Labute approximate surface area is 191 Å². The number of thioether (sulfide) groups is 1. The van der Waals surface area contributed by atoms with E-state index in [9.17, 15) is 4.79 Å². The van der Waals surface area contributed by atoms with Crippen LogP contribution in [0.2, 0.25) is 0 Å². The van der Waals surface area contributed by atoms with E-state index in [-0.39, 0.29) is 5.91 Å². The predicted molar refractivity (Wildman–Crippen MR) is 131 cm³/mol. The highest BCUT2D eigenvalue weighted by Gasteiger charge is 2.33. The quantitative estimate of drug-likeness (QED) is 0.343. The third kappa shape index (κ3) is 4.81. The van der Waals surface area contributed by atoms with Crippen molar-refractivity contribution in [2.24, 2.45) is 0 Å². The first-order valence-corrected chi connectivity index (χ1v) is 11.0. The third-order valence-corrected chi connectivity index (χ3v) is 6.11. The highest BCUT2D eigenvalue weighted by Crippen LogP contribution is 2.37. The fourth-order valence-corrected chi connectivity index (χ4v) is 4.46. The van der Waals surface area contributed by atoms with Crippen LogP contribution in [-0.2, 0) is 11.4 Å². The Morgan fingerprint density at radius 1 is 1.00 bits per heavy atom. The number of rotatable bonds is 6. The maximum absolute atomic E-state index is 12.9. The van der Waals surface area contributed by atoms with Gasteiger partial charge < -0.3 is 9.47 Å². The lowest BCUT2D eigenvalue weighted by molar-refractivity contribution is -0.113. The fraction of sp³-hybridized carbons (Fsp3) is 0.120. The molecule has 1 aliphatic heterocycles. The minimum atomic E-state index is -0.125. The molecular weight excluding hydrogens is 426 g/mol. The van der Waals surface area contributed by atoms with Gasteiger partial charge in [0.2, 0.25) is 0 Å². The summed E-state index contributed by atoms with van der Waals surface area (Å²) in [7, 11) is 1.60. The average Bonchev–Trinajstić information content (AvgIpc) is 3.07. The molecule has 3 aromatic carbocycles. The molecule has 1 amide bonds. The minimum absolute atomic E-state index is 0.125. The lowest BCUT2D eigenvalue weighted by Crippen LogP contribution is -2.27.